The van der Waals surface area contributed by atoms with E-state index in [1.54, 1.807) is 12.1 Å². The highest BCUT2D eigenvalue weighted by atomic mass is 31.2. The third kappa shape index (κ3) is 3.59. The van der Waals surface area contributed by atoms with Crippen molar-refractivity contribution in [2.24, 2.45) is 0 Å². The van der Waals surface area contributed by atoms with Crippen LogP contribution in [0.3, 0.4) is 0 Å². The van der Waals surface area contributed by atoms with Crippen molar-refractivity contribution in [3.63, 3.8) is 0 Å². The van der Waals surface area contributed by atoms with Gasteiger partial charge in [-0.3, -0.25) is 4.57 Å². The Hall–Kier alpha value is -0.830. The van der Waals surface area contributed by atoms with Crippen LogP contribution in [0.25, 0.3) is 0 Å². The lowest BCUT2D eigenvalue weighted by atomic mass is 10.3. The monoisotopic (exact) mass is 201 g/mol. The maximum Gasteiger partial charge on any atom is 0.243 e. The number of rotatable bonds is 4. The van der Waals surface area contributed by atoms with Gasteiger partial charge in [0, 0.05) is 5.69 Å². The summed E-state index contributed by atoms with van der Waals surface area (Å²) in [6.45, 7) is 0. The van der Waals surface area contributed by atoms with Crippen molar-refractivity contribution in [3.05, 3.63) is 30.3 Å². The van der Waals surface area contributed by atoms with E-state index in [4.69, 9.17) is 10.00 Å². The highest BCUT2D eigenvalue weighted by Gasteiger charge is 2.15. The lowest BCUT2D eigenvalue weighted by molar-refractivity contribution is 0.333. The number of aliphatic hydroxyl groups excluding tert-OH is 1. The van der Waals surface area contributed by atoms with E-state index in [1.165, 1.54) is 0 Å². The van der Waals surface area contributed by atoms with Gasteiger partial charge in [-0.05, 0) is 12.1 Å². The third-order valence-corrected chi connectivity index (χ3v) is 2.62. The molecule has 1 aromatic carbocycles. The van der Waals surface area contributed by atoms with Crippen LogP contribution in [0.1, 0.15) is 0 Å². The molecule has 3 N–H and O–H groups in total. The largest absolute Gasteiger partial charge is 0.386 e. The zero-order valence-electron chi connectivity index (χ0n) is 7.05. The Bertz CT molecular complexity index is 302. The first-order valence-electron chi connectivity index (χ1n) is 3.85. The average Bonchev–Trinajstić information content (AvgIpc) is 2.17. The fourth-order valence-electron chi connectivity index (χ4n) is 0.821. The summed E-state index contributed by atoms with van der Waals surface area (Å²) in [6.07, 6.45) is -0.791. The highest BCUT2D eigenvalue weighted by Crippen LogP contribution is 2.38. The molecule has 13 heavy (non-hydrogen) atoms. The number of hydrogen-bond acceptors (Lipinski definition) is 3. The molecule has 0 aliphatic carbocycles. The van der Waals surface area contributed by atoms with Gasteiger partial charge in [0.15, 0.2) is 0 Å². The molecule has 0 saturated carbocycles. The Kier molecular flexibility index (Phi) is 3.48. The summed E-state index contributed by atoms with van der Waals surface area (Å²) in [6, 6.07) is 9.08. The maximum absolute atomic E-state index is 11.0. The van der Waals surface area contributed by atoms with E-state index in [0.717, 1.165) is 5.69 Å². The predicted octanol–water partition coefficient (Wildman–Crippen LogP) is 1.28. The number of para-hydroxylation sites is 1. The molecule has 0 spiro atoms. The van der Waals surface area contributed by atoms with Gasteiger partial charge in [0.05, 0.1) is 6.29 Å². The van der Waals surface area contributed by atoms with Gasteiger partial charge < -0.3 is 15.3 Å². The lowest BCUT2D eigenvalue weighted by Gasteiger charge is -2.10. The van der Waals surface area contributed by atoms with Crippen LogP contribution in [0.2, 0.25) is 0 Å². The van der Waals surface area contributed by atoms with Crippen molar-refractivity contribution >= 4 is 13.1 Å². The van der Waals surface area contributed by atoms with Crippen LogP contribution in [-0.2, 0) is 4.57 Å². The molecule has 0 saturated heterocycles. The Morgan fingerprint density at radius 2 is 1.92 bits per heavy atom. The third-order valence-electron chi connectivity index (χ3n) is 1.53. The molecule has 0 bridgehead atoms. The molecule has 0 aromatic heterocycles. The van der Waals surface area contributed by atoms with Crippen LogP contribution in [-0.4, -0.2) is 22.6 Å². The summed E-state index contributed by atoms with van der Waals surface area (Å²) in [7, 11) is -3.39. The van der Waals surface area contributed by atoms with Crippen LogP contribution in [0, 0.1) is 0 Å². The summed E-state index contributed by atoms with van der Waals surface area (Å²) < 4.78 is 11.0. The summed E-state index contributed by atoms with van der Waals surface area (Å²) in [4.78, 5) is 9.03. The zero-order valence-corrected chi connectivity index (χ0v) is 7.95. The molecule has 0 heterocycles. The molecular weight excluding hydrogens is 189 g/mol. The summed E-state index contributed by atoms with van der Waals surface area (Å²) in [5, 5.41) is 11.3. The summed E-state index contributed by atoms with van der Waals surface area (Å²) >= 11 is 0. The zero-order chi connectivity index (χ0) is 9.73. The molecule has 0 aliphatic heterocycles. The minimum absolute atomic E-state index is 0.104. The second kappa shape index (κ2) is 4.42. The van der Waals surface area contributed by atoms with Gasteiger partial charge in [-0.25, -0.2) is 0 Å². The van der Waals surface area contributed by atoms with Gasteiger partial charge in [0.1, 0.15) is 6.35 Å². The molecule has 0 fully saturated rings. The first-order chi connectivity index (χ1) is 6.14. The van der Waals surface area contributed by atoms with E-state index in [9.17, 15) is 4.57 Å². The Morgan fingerprint density at radius 3 is 2.46 bits per heavy atom. The van der Waals surface area contributed by atoms with E-state index in [-0.39, 0.29) is 6.29 Å². The summed E-state index contributed by atoms with van der Waals surface area (Å²) in [5.74, 6) is 0. The molecule has 0 amide bonds. The Labute approximate surface area is 76.7 Å². The number of benzene rings is 1. The topological polar surface area (TPSA) is 69.6 Å². The SMILES string of the molecule is O=P(O)(CO)CNc1ccccc1. The second-order valence-corrected chi connectivity index (χ2v) is 4.98. The minimum Gasteiger partial charge on any atom is -0.386 e. The van der Waals surface area contributed by atoms with Crippen LogP contribution in [0.5, 0.6) is 0 Å². The van der Waals surface area contributed by atoms with Crippen molar-refractivity contribution in [2.45, 2.75) is 0 Å². The molecular formula is C8H12NO3P. The van der Waals surface area contributed by atoms with Crippen LogP contribution in [0.4, 0.5) is 5.69 Å². The molecule has 0 aliphatic rings. The van der Waals surface area contributed by atoms with Gasteiger partial charge >= 0.3 is 0 Å². The van der Waals surface area contributed by atoms with Crippen LogP contribution >= 0.6 is 7.37 Å². The van der Waals surface area contributed by atoms with E-state index < -0.39 is 13.7 Å². The first kappa shape index (κ1) is 10.3. The van der Waals surface area contributed by atoms with E-state index in [2.05, 4.69) is 5.32 Å². The molecule has 0 radical (unpaired) electrons. The van der Waals surface area contributed by atoms with Gasteiger partial charge in [-0.1, -0.05) is 18.2 Å². The van der Waals surface area contributed by atoms with Crippen molar-refractivity contribution < 1.29 is 14.6 Å². The minimum atomic E-state index is -3.39. The Morgan fingerprint density at radius 1 is 1.31 bits per heavy atom. The van der Waals surface area contributed by atoms with Crippen molar-refractivity contribution in [2.75, 3.05) is 18.0 Å². The smallest absolute Gasteiger partial charge is 0.243 e. The second-order valence-electron chi connectivity index (χ2n) is 2.69. The first-order valence-corrected chi connectivity index (χ1v) is 5.88. The average molecular weight is 201 g/mol. The number of nitrogens with one attached hydrogen (secondary N) is 1. The molecule has 1 aromatic rings. The highest BCUT2D eigenvalue weighted by molar-refractivity contribution is 7.57. The molecule has 1 rings (SSSR count). The maximum atomic E-state index is 11.0. The van der Waals surface area contributed by atoms with Crippen molar-refractivity contribution in [3.8, 4) is 0 Å². The van der Waals surface area contributed by atoms with Gasteiger partial charge in [-0.15, -0.1) is 0 Å². The predicted molar refractivity (Wildman–Crippen MR) is 51.8 cm³/mol. The molecule has 1 unspecified atom stereocenters. The van der Waals surface area contributed by atoms with E-state index in [1.807, 2.05) is 18.2 Å². The molecule has 1 atom stereocenters. The van der Waals surface area contributed by atoms with Crippen LogP contribution < -0.4 is 5.32 Å². The number of aliphatic hydroxyl groups is 1. The van der Waals surface area contributed by atoms with Gasteiger partial charge in [0.25, 0.3) is 0 Å². The van der Waals surface area contributed by atoms with Crippen molar-refractivity contribution in [1.29, 1.82) is 0 Å². The van der Waals surface area contributed by atoms with E-state index in [0.29, 0.717) is 0 Å². The van der Waals surface area contributed by atoms with Crippen molar-refractivity contribution in [1.82, 2.24) is 0 Å². The molecule has 72 valence electrons. The van der Waals surface area contributed by atoms with Crippen LogP contribution in [0.15, 0.2) is 30.3 Å². The lowest BCUT2D eigenvalue weighted by Crippen LogP contribution is -2.04. The fourth-order valence-corrected chi connectivity index (χ4v) is 1.35. The molecule has 4 nitrogen and oxygen atoms in total. The van der Waals surface area contributed by atoms with E-state index >= 15 is 0 Å². The number of anilines is 1. The molecule has 5 heteroatoms. The summed E-state index contributed by atoms with van der Waals surface area (Å²) in [5.41, 5.74) is 0.769. The van der Waals surface area contributed by atoms with Gasteiger partial charge in [-0.2, -0.15) is 0 Å². The standard InChI is InChI=1S/C8H12NO3P/c10-7-13(11,12)6-9-8-4-2-1-3-5-8/h1-5,9-10H,6-7H2,(H,11,12). The van der Waals surface area contributed by atoms with Gasteiger partial charge in [0.2, 0.25) is 7.37 Å². The fraction of sp³-hybridized carbons (Fsp3) is 0.250. The normalized spacial score (nSPS) is 14.9. The number of hydrogen-bond donors (Lipinski definition) is 3. The Balaban J connectivity index is 2.49. The quantitative estimate of drug-likeness (QED) is 0.642.